The Balaban J connectivity index is 2.94. The third-order valence-electron chi connectivity index (χ3n) is 1.78. The highest BCUT2D eigenvalue weighted by molar-refractivity contribution is 14.1. The van der Waals surface area contributed by atoms with Gasteiger partial charge in [-0.3, -0.25) is 4.98 Å². The highest BCUT2D eigenvalue weighted by Gasteiger charge is 2.06. The van der Waals surface area contributed by atoms with Crippen LogP contribution < -0.4 is 0 Å². The summed E-state index contributed by atoms with van der Waals surface area (Å²) in [6.07, 6.45) is 3.26. The minimum absolute atomic E-state index is 0.247. The van der Waals surface area contributed by atoms with Gasteiger partial charge in [-0.2, -0.15) is 0 Å². The molecule has 13 heavy (non-hydrogen) atoms. The molecule has 0 fully saturated rings. The lowest BCUT2D eigenvalue weighted by Gasteiger charge is -2.02. The van der Waals surface area contributed by atoms with Gasteiger partial charge in [-0.1, -0.05) is 6.07 Å². The Morgan fingerprint density at radius 2 is 2.00 bits per heavy atom. The normalized spacial score (nSPS) is 10.7. The Kier molecular flexibility index (Phi) is 2.51. The second-order valence-corrected chi connectivity index (χ2v) is 4.59. The van der Waals surface area contributed by atoms with Gasteiger partial charge in [0.15, 0.2) is 0 Å². The van der Waals surface area contributed by atoms with Crippen molar-refractivity contribution in [3.05, 3.63) is 38.4 Å². The minimum Gasteiger partial charge on any atom is -0.263 e. The first kappa shape index (κ1) is 9.33. The van der Waals surface area contributed by atoms with Crippen molar-refractivity contribution < 1.29 is 4.39 Å². The van der Waals surface area contributed by atoms with E-state index >= 15 is 0 Å². The Hall–Kier alpha value is -0.230. The summed E-state index contributed by atoms with van der Waals surface area (Å²) in [6, 6.07) is 3.59. The van der Waals surface area contributed by atoms with Gasteiger partial charge in [0.25, 0.3) is 0 Å². The summed E-state index contributed by atoms with van der Waals surface area (Å²) in [5, 5.41) is 1.46. The monoisotopic (exact) mass is 351 g/mol. The van der Waals surface area contributed by atoms with E-state index in [1.165, 1.54) is 6.20 Å². The predicted octanol–water partition coefficient (Wildman–Crippen LogP) is 3.74. The first-order chi connectivity index (χ1) is 6.20. The summed E-state index contributed by atoms with van der Waals surface area (Å²) in [7, 11) is 0. The van der Waals surface area contributed by atoms with Gasteiger partial charge in [0, 0.05) is 26.7 Å². The second-order valence-electron chi connectivity index (χ2n) is 2.58. The lowest BCUT2D eigenvalue weighted by molar-refractivity contribution is 0.633. The number of halogens is 3. The van der Waals surface area contributed by atoms with Crippen LogP contribution in [-0.4, -0.2) is 4.98 Å². The molecule has 1 nitrogen and oxygen atoms in total. The number of fused-ring (bicyclic) bond motifs is 1. The SMILES string of the molecule is Fc1c(Br)ccc2c(I)cncc12. The summed E-state index contributed by atoms with van der Waals surface area (Å²) >= 11 is 5.28. The molecule has 0 saturated heterocycles. The number of rotatable bonds is 0. The molecule has 1 aromatic heterocycles. The molecule has 0 aliphatic carbocycles. The van der Waals surface area contributed by atoms with E-state index in [2.05, 4.69) is 43.5 Å². The number of hydrogen-bond acceptors (Lipinski definition) is 1. The molecular weight excluding hydrogens is 348 g/mol. The van der Waals surface area contributed by atoms with Crippen molar-refractivity contribution >= 4 is 49.3 Å². The summed E-state index contributed by atoms with van der Waals surface area (Å²) in [5.74, 6) is -0.247. The fourth-order valence-corrected chi connectivity index (χ4v) is 2.12. The van der Waals surface area contributed by atoms with E-state index < -0.39 is 0 Å². The lowest BCUT2D eigenvalue weighted by Crippen LogP contribution is -1.86. The van der Waals surface area contributed by atoms with E-state index in [9.17, 15) is 4.39 Å². The third kappa shape index (κ3) is 1.57. The third-order valence-corrected chi connectivity index (χ3v) is 3.25. The van der Waals surface area contributed by atoms with Crippen LogP contribution in [0.2, 0.25) is 0 Å². The van der Waals surface area contributed by atoms with Crippen molar-refractivity contribution in [1.82, 2.24) is 4.98 Å². The molecule has 0 aliphatic rings. The minimum atomic E-state index is -0.247. The van der Waals surface area contributed by atoms with E-state index in [0.29, 0.717) is 9.86 Å². The van der Waals surface area contributed by atoms with Crippen LogP contribution in [-0.2, 0) is 0 Å². The second kappa shape index (κ2) is 3.49. The zero-order valence-electron chi connectivity index (χ0n) is 6.39. The molecule has 0 unspecified atom stereocenters. The summed E-state index contributed by atoms with van der Waals surface area (Å²) in [5.41, 5.74) is 0. The van der Waals surface area contributed by atoms with Gasteiger partial charge in [0.2, 0.25) is 0 Å². The van der Waals surface area contributed by atoms with Gasteiger partial charge in [0.1, 0.15) is 5.82 Å². The highest BCUT2D eigenvalue weighted by Crippen LogP contribution is 2.26. The van der Waals surface area contributed by atoms with Crippen molar-refractivity contribution in [3.63, 3.8) is 0 Å². The van der Waals surface area contributed by atoms with Crippen LogP contribution in [0.4, 0.5) is 4.39 Å². The summed E-state index contributed by atoms with van der Waals surface area (Å²) in [6.45, 7) is 0. The molecule has 0 N–H and O–H groups in total. The van der Waals surface area contributed by atoms with Crippen LogP contribution in [0, 0.1) is 9.39 Å². The molecule has 4 heteroatoms. The fourth-order valence-electron chi connectivity index (χ4n) is 1.15. The van der Waals surface area contributed by atoms with Gasteiger partial charge < -0.3 is 0 Å². The molecule has 0 bridgehead atoms. The van der Waals surface area contributed by atoms with Gasteiger partial charge in [-0.05, 0) is 44.6 Å². The molecule has 1 heterocycles. The predicted molar refractivity (Wildman–Crippen MR) is 62.1 cm³/mol. The molecule has 0 saturated carbocycles. The molecule has 0 amide bonds. The molecule has 0 atom stereocenters. The molecule has 0 radical (unpaired) electrons. The van der Waals surface area contributed by atoms with Crippen molar-refractivity contribution in [2.45, 2.75) is 0 Å². The molecule has 2 aromatic rings. The first-order valence-corrected chi connectivity index (χ1v) is 5.44. The van der Waals surface area contributed by atoms with E-state index in [0.717, 1.165) is 8.96 Å². The quantitative estimate of drug-likeness (QED) is 0.659. The van der Waals surface area contributed by atoms with Crippen molar-refractivity contribution in [3.8, 4) is 0 Å². The summed E-state index contributed by atoms with van der Waals surface area (Å²) < 4.78 is 14.9. The van der Waals surface area contributed by atoms with Gasteiger partial charge in [0.05, 0.1) is 4.47 Å². The van der Waals surface area contributed by atoms with Gasteiger partial charge in [-0.25, -0.2) is 4.39 Å². The zero-order valence-corrected chi connectivity index (χ0v) is 10.1. The van der Waals surface area contributed by atoms with E-state index in [1.54, 1.807) is 12.3 Å². The number of hydrogen-bond donors (Lipinski definition) is 0. The highest BCUT2D eigenvalue weighted by atomic mass is 127. The van der Waals surface area contributed by atoms with Crippen molar-refractivity contribution in [2.75, 3.05) is 0 Å². The average Bonchev–Trinajstić information content (AvgIpc) is 2.12. The zero-order chi connectivity index (χ0) is 9.42. The lowest BCUT2D eigenvalue weighted by atomic mass is 10.2. The van der Waals surface area contributed by atoms with Crippen LogP contribution in [0.1, 0.15) is 0 Å². The van der Waals surface area contributed by atoms with Crippen LogP contribution >= 0.6 is 38.5 Å². The first-order valence-electron chi connectivity index (χ1n) is 3.57. The van der Waals surface area contributed by atoms with Crippen molar-refractivity contribution in [2.24, 2.45) is 0 Å². The summed E-state index contributed by atoms with van der Waals surface area (Å²) in [4.78, 5) is 3.95. The van der Waals surface area contributed by atoms with Crippen LogP contribution in [0.25, 0.3) is 10.8 Å². The van der Waals surface area contributed by atoms with Crippen LogP contribution in [0.3, 0.4) is 0 Å². The number of aromatic nitrogens is 1. The maximum Gasteiger partial charge on any atom is 0.146 e. The average molecular weight is 352 g/mol. The molecule has 66 valence electrons. The van der Waals surface area contributed by atoms with E-state index in [-0.39, 0.29) is 5.82 Å². The van der Waals surface area contributed by atoms with Crippen LogP contribution in [0.5, 0.6) is 0 Å². The van der Waals surface area contributed by atoms with Gasteiger partial charge in [-0.15, -0.1) is 0 Å². The Morgan fingerprint density at radius 1 is 1.23 bits per heavy atom. The van der Waals surface area contributed by atoms with Gasteiger partial charge >= 0.3 is 0 Å². The number of nitrogens with zero attached hydrogens (tertiary/aromatic N) is 1. The van der Waals surface area contributed by atoms with Crippen molar-refractivity contribution in [1.29, 1.82) is 0 Å². The Labute approximate surface area is 96.6 Å². The maximum absolute atomic E-state index is 13.5. The smallest absolute Gasteiger partial charge is 0.146 e. The topological polar surface area (TPSA) is 12.9 Å². The Bertz CT molecular complexity index is 472. The molecule has 0 aliphatic heterocycles. The molecule has 0 spiro atoms. The Morgan fingerprint density at radius 3 is 2.77 bits per heavy atom. The standard InChI is InChI=1S/C9H4BrFIN/c10-7-2-1-5-6(9(7)11)3-13-4-8(5)12/h1-4H. The number of benzene rings is 1. The molecule has 2 rings (SSSR count). The van der Waals surface area contributed by atoms with E-state index in [1.807, 2.05) is 6.07 Å². The molecule has 1 aromatic carbocycles. The largest absolute Gasteiger partial charge is 0.263 e. The molecular formula is C9H4BrFIN. The maximum atomic E-state index is 13.5. The number of pyridine rings is 1. The van der Waals surface area contributed by atoms with E-state index in [4.69, 9.17) is 0 Å². The van der Waals surface area contributed by atoms with Crippen LogP contribution in [0.15, 0.2) is 29.0 Å². The fraction of sp³-hybridized carbons (Fsp3) is 0.